The second kappa shape index (κ2) is 7.19. The summed E-state index contributed by atoms with van der Waals surface area (Å²) in [4.78, 5) is 16.6. The van der Waals surface area contributed by atoms with Crippen molar-refractivity contribution in [2.45, 2.75) is 19.0 Å². The molecular weight excluding hydrogens is 345 g/mol. The Morgan fingerprint density at radius 3 is 2.54 bits per heavy atom. The van der Waals surface area contributed by atoms with E-state index >= 15 is 0 Å². The predicted octanol–water partition coefficient (Wildman–Crippen LogP) is 3.14. The van der Waals surface area contributed by atoms with Gasteiger partial charge in [-0.15, -0.1) is 0 Å². The molecule has 1 unspecified atom stereocenters. The number of likely N-dealkylation sites (tertiary alicyclic amines) is 2. The van der Waals surface area contributed by atoms with Crippen molar-refractivity contribution < 1.29 is 22.7 Å². The monoisotopic (exact) mass is 370 g/mol. The predicted molar refractivity (Wildman–Crippen MR) is 91.9 cm³/mol. The van der Waals surface area contributed by atoms with E-state index in [2.05, 4.69) is 11.9 Å². The lowest BCUT2D eigenvalue weighted by Gasteiger charge is -2.42. The molecule has 0 aromatic heterocycles. The highest BCUT2D eigenvalue weighted by atomic mass is 19.4. The standard InChI is InChI=1S/C19H25F3N2O2/c1-23-11-14(12-26-2)18(13-23)7-9-24(10-8-18)17(25)15-5-3-4-6-16(15)19(20,21)22/h3-6,14H,7-13H2,1-2H3. The average molecular weight is 370 g/mol. The third kappa shape index (κ3) is 3.60. The molecule has 0 aliphatic carbocycles. The number of carbonyl (C=O) groups is 1. The van der Waals surface area contributed by atoms with Gasteiger partial charge in [-0.05, 0) is 37.4 Å². The summed E-state index contributed by atoms with van der Waals surface area (Å²) < 4.78 is 45.0. The van der Waals surface area contributed by atoms with Gasteiger partial charge < -0.3 is 14.5 Å². The molecule has 4 nitrogen and oxygen atoms in total. The highest BCUT2D eigenvalue weighted by Crippen LogP contribution is 2.44. The number of piperidine rings is 1. The number of rotatable bonds is 3. The lowest BCUT2D eigenvalue weighted by Crippen LogP contribution is -2.47. The number of halogens is 3. The van der Waals surface area contributed by atoms with Crippen LogP contribution in [0.2, 0.25) is 0 Å². The van der Waals surface area contributed by atoms with E-state index < -0.39 is 17.6 Å². The van der Waals surface area contributed by atoms with Gasteiger partial charge in [0, 0.05) is 39.2 Å². The third-order valence-electron chi connectivity index (χ3n) is 5.86. The van der Waals surface area contributed by atoms with Crippen molar-refractivity contribution in [1.29, 1.82) is 0 Å². The van der Waals surface area contributed by atoms with Crippen LogP contribution in [0.15, 0.2) is 24.3 Å². The summed E-state index contributed by atoms with van der Waals surface area (Å²) in [6.45, 7) is 3.55. The number of hydrogen-bond donors (Lipinski definition) is 0. The average Bonchev–Trinajstić information content (AvgIpc) is 2.89. The SMILES string of the molecule is COCC1CN(C)CC12CCN(C(=O)c1ccccc1C(F)(F)F)CC2. The summed E-state index contributed by atoms with van der Waals surface area (Å²) >= 11 is 0. The number of benzene rings is 1. The largest absolute Gasteiger partial charge is 0.417 e. The minimum absolute atomic E-state index is 0.0884. The molecule has 2 aliphatic heterocycles. The van der Waals surface area contributed by atoms with Gasteiger partial charge in [-0.2, -0.15) is 13.2 Å². The molecule has 26 heavy (non-hydrogen) atoms. The molecule has 7 heteroatoms. The molecule has 2 heterocycles. The van der Waals surface area contributed by atoms with Crippen LogP contribution < -0.4 is 0 Å². The number of ether oxygens (including phenoxy) is 1. The Morgan fingerprint density at radius 1 is 1.27 bits per heavy atom. The van der Waals surface area contributed by atoms with Crippen molar-refractivity contribution >= 4 is 5.91 Å². The smallest absolute Gasteiger partial charge is 0.384 e. The first-order chi connectivity index (χ1) is 12.3. The molecule has 0 saturated carbocycles. The Kier molecular flexibility index (Phi) is 5.30. The number of carbonyl (C=O) groups excluding carboxylic acids is 1. The van der Waals surface area contributed by atoms with Crippen LogP contribution in [0.5, 0.6) is 0 Å². The zero-order valence-corrected chi connectivity index (χ0v) is 15.2. The molecule has 1 spiro atoms. The highest BCUT2D eigenvalue weighted by molar-refractivity contribution is 5.96. The first kappa shape index (κ1) is 19.2. The fourth-order valence-electron chi connectivity index (χ4n) is 4.54. The van der Waals surface area contributed by atoms with Crippen LogP contribution in [0.25, 0.3) is 0 Å². The van der Waals surface area contributed by atoms with E-state index in [9.17, 15) is 18.0 Å². The maximum Gasteiger partial charge on any atom is 0.417 e. The van der Waals surface area contributed by atoms with Crippen LogP contribution >= 0.6 is 0 Å². The molecule has 1 aromatic carbocycles. The van der Waals surface area contributed by atoms with Gasteiger partial charge in [0.15, 0.2) is 0 Å². The lowest BCUT2D eigenvalue weighted by atomic mass is 9.71. The van der Waals surface area contributed by atoms with Crippen molar-refractivity contribution in [2.24, 2.45) is 11.3 Å². The van der Waals surface area contributed by atoms with E-state index in [0.29, 0.717) is 25.6 Å². The van der Waals surface area contributed by atoms with E-state index in [1.54, 1.807) is 12.0 Å². The molecule has 2 aliphatic rings. The summed E-state index contributed by atoms with van der Waals surface area (Å²) in [5.74, 6) is -0.125. The fourth-order valence-corrected chi connectivity index (χ4v) is 4.54. The molecule has 2 saturated heterocycles. The Labute approximate surface area is 151 Å². The van der Waals surface area contributed by atoms with E-state index in [1.807, 2.05) is 0 Å². The summed E-state index contributed by atoms with van der Waals surface area (Å²) in [6, 6.07) is 5.04. The topological polar surface area (TPSA) is 32.8 Å². The van der Waals surface area contributed by atoms with Gasteiger partial charge >= 0.3 is 6.18 Å². The Morgan fingerprint density at radius 2 is 1.92 bits per heavy atom. The molecule has 1 atom stereocenters. The minimum atomic E-state index is -4.53. The van der Waals surface area contributed by atoms with Crippen molar-refractivity contribution in [3.63, 3.8) is 0 Å². The second-order valence-corrected chi connectivity index (χ2v) is 7.55. The first-order valence-electron chi connectivity index (χ1n) is 8.90. The molecule has 1 amide bonds. The zero-order chi connectivity index (χ0) is 18.9. The Hall–Kier alpha value is -1.60. The van der Waals surface area contributed by atoms with Gasteiger partial charge in [0.1, 0.15) is 0 Å². The molecule has 2 fully saturated rings. The Bertz CT molecular complexity index is 654. The van der Waals surface area contributed by atoms with Gasteiger partial charge in [-0.1, -0.05) is 12.1 Å². The van der Waals surface area contributed by atoms with E-state index in [0.717, 1.165) is 32.0 Å². The van der Waals surface area contributed by atoms with Crippen molar-refractivity contribution in [3.8, 4) is 0 Å². The third-order valence-corrected chi connectivity index (χ3v) is 5.86. The fraction of sp³-hybridized carbons (Fsp3) is 0.632. The van der Waals surface area contributed by atoms with Crippen molar-refractivity contribution in [3.05, 3.63) is 35.4 Å². The molecule has 3 rings (SSSR count). The van der Waals surface area contributed by atoms with Gasteiger partial charge in [0.05, 0.1) is 17.7 Å². The molecule has 144 valence electrons. The lowest BCUT2D eigenvalue weighted by molar-refractivity contribution is -0.138. The normalized spacial score (nSPS) is 23.6. The van der Waals surface area contributed by atoms with E-state index in [1.165, 1.54) is 18.2 Å². The molecular formula is C19H25F3N2O2. The number of alkyl halides is 3. The van der Waals surface area contributed by atoms with Crippen LogP contribution in [0.3, 0.4) is 0 Å². The van der Waals surface area contributed by atoms with Crippen LogP contribution in [0, 0.1) is 11.3 Å². The van der Waals surface area contributed by atoms with Crippen LogP contribution in [0.4, 0.5) is 13.2 Å². The van der Waals surface area contributed by atoms with Gasteiger partial charge in [-0.3, -0.25) is 4.79 Å². The summed E-state index contributed by atoms with van der Waals surface area (Å²) in [6.07, 6.45) is -2.93. The molecule has 0 radical (unpaired) electrons. The van der Waals surface area contributed by atoms with Crippen LogP contribution in [-0.2, 0) is 10.9 Å². The minimum Gasteiger partial charge on any atom is -0.384 e. The maximum atomic E-state index is 13.2. The number of hydrogen-bond acceptors (Lipinski definition) is 3. The van der Waals surface area contributed by atoms with Crippen LogP contribution in [-0.4, -0.2) is 62.7 Å². The summed E-state index contributed by atoms with van der Waals surface area (Å²) in [5.41, 5.74) is -1.03. The zero-order valence-electron chi connectivity index (χ0n) is 15.2. The number of methoxy groups -OCH3 is 1. The second-order valence-electron chi connectivity index (χ2n) is 7.55. The summed E-state index contributed by atoms with van der Waals surface area (Å²) in [5, 5.41) is 0. The first-order valence-corrected chi connectivity index (χ1v) is 8.90. The van der Waals surface area contributed by atoms with Crippen molar-refractivity contribution in [1.82, 2.24) is 9.80 Å². The Balaban J connectivity index is 1.74. The van der Waals surface area contributed by atoms with Gasteiger partial charge in [0.2, 0.25) is 0 Å². The number of nitrogens with zero attached hydrogens (tertiary/aromatic N) is 2. The van der Waals surface area contributed by atoms with Gasteiger partial charge in [0.25, 0.3) is 5.91 Å². The quantitative estimate of drug-likeness (QED) is 0.820. The summed E-state index contributed by atoms with van der Waals surface area (Å²) in [7, 11) is 3.77. The maximum absolute atomic E-state index is 13.2. The van der Waals surface area contributed by atoms with E-state index in [4.69, 9.17) is 4.74 Å². The van der Waals surface area contributed by atoms with Gasteiger partial charge in [-0.25, -0.2) is 0 Å². The molecule has 0 bridgehead atoms. The molecule has 1 aromatic rings. The highest BCUT2D eigenvalue weighted by Gasteiger charge is 2.47. The molecule has 0 N–H and O–H groups in total. The van der Waals surface area contributed by atoms with Crippen molar-refractivity contribution in [2.75, 3.05) is 46.9 Å². The number of amides is 1. The van der Waals surface area contributed by atoms with E-state index in [-0.39, 0.29) is 11.0 Å². The van der Waals surface area contributed by atoms with Crippen LogP contribution in [0.1, 0.15) is 28.8 Å².